The Morgan fingerprint density at radius 1 is 0.974 bits per heavy atom. The predicted molar refractivity (Wildman–Crippen MR) is 146 cm³/mol. The number of aliphatic hydroxyl groups is 1. The van der Waals surface area contributed by atoms with Gasteiger partial charge in [-0.15, -0.1) is 0 Å². The Morgan fingerprint density at radius 2 is 1.64 bits per heavy atom. The highest BCUT2D eigenvalue weighted by Crippen LogP contribution is 2.29. The summed E-state index contributed by atoms with van der Waals surface area (Å²) >= 11 is 0. The molecule has 0 aliphatic heterocycles. The van der Waals surface area contributed by atoms with Gasteiger partial charge in [0.2, 0.25) is 0 Å². The SMILES string of the molecule is CC/C=C(/C=C(\Nc1cccc(C#N)c1)C(=O)Nc1cccc(C(NCCO)c2ccccc2)c1)C(F)(F)F. The van der Waals surface area contributed by atoms with Crippen LogP contribution in [-0.4, -0.2) is 30.3 Å². The van der Waals surface area contributed by atoms with Gasteiger partial charge >= 0.3 is 6.18 Å². The molecular weight excluding hydrogens is 505 g/mol. The fourth-order valence-corrected chi connectivity index (χ4v) is 3.89. The number of allylic oxidation sites excluding steroid dienone is 3. The number of nitrogens with one attached hydrogen (secondary N) is 3. The van der Waals surface area contributed by atoms with E-state index in [0.717, 1.165) is 23.3 Å². The summed E-state index contributed by atoms with van der Waals surface area (Å²) in [5, 5.41) is 27.2. The molecule has 1 atom stereocenters. The van der Waals surface area contributed by atoms with Crippen molar-refractivity contribution in [1.82, 2.24) is 5.32 Å². The number of halogens is 3. The lowest BCUT2D eigenvalue weighted by Gasteiger charge is -2.20. The van der Waals surface area contributed by atoms with E-state index in [1.54, 1.807) is 43.3 Å². The van der Waals surface area contributed by atoms with E-state index < -0.39 is 17.7 Å². The summed E-state index contributed by atoms with van der Waals surface area (Å²) < 4.78 is 41.0. The van der Waals surface area contributed by atoms with Gasteiger partial charge in [-0.1, -0.05) is 61.5 Å². The van der Waals surface area contributed by atoms with Crippen LogP contribution >= 0.6 is 0 Å². The first-order chi connectivity index (χ1) is 18.7. The van der Waals surface area contributed by atoms with Crippen LogP contribution in [0.3, 0.4) is 0 Å². The molecule has 3 aromatic carbocycles. The standard InChI is InChI=1S/C30H29F3N4O2/c1-2-8-24(30(31,32)33)19-27(36-25-13-6-9-21(17-25)20-34)29(39)37-26-14-7-12-23(18-26)28(35-15-16-38)22-10-4-3-5-11-22/h3-14,17-19,28,35-36,38H,2,15-16H2,1H3,(H,37,39)/b24-8-,27-19-. The Kier molecular flexibility index (Phi) is 10.4. The van der Waals surface area contributed by atoms with Gasteiger partial charge in [0.25, 0.3) is 5.91 Å². The second kappa shape index (κ2) is 14.0. The van der Waals surface area contributed by atoms with Gasteiger partial charge in [-0.05, 0) is 54.0 Å². The predicted octanol–water partition coefficient (Wildman–Crippen LogP) is 6.06. The number of benzene rings is 3. The van der Waals surface area contributed by atoms with Crippen molar-refractivity contribution in [3.05, 3.63) is 119 Å². The fraction of sp³-hybridized carbons (Fsp3) is 0.200. The van der Waals surface area contributed by atoms with Gasteiger partial charge in [0.15, 0.2) is 0 Å². The molecule has 3 aromatic rings. The molecule has 0 aliphatic carbocycles. The molecule has 0 spiro atoms. The van der Waals surface area contributed by atoms with Gasteiger partial charge in [0.1, 0.15) is 5.70 Å². The third-order valence-corrected chi connectivity index (χ3v) is 5.64. The average molecular weight is 535 g/mol. The molecule has 0 aromatic heterocycles. The van der Waals surface area contributed by atoms with Crippen molar-refractivity contribution in [2.24, 2.45) is 0 Å². The van der Waals surface area contributed by atoms with Crippen LogP contribution in [0.25, 0.3) is 0 Å². The number of aliphatic hydroxyl groups excluding tert-OH is 1. The van der Waals surface area contributed by atoms with Crippen molar-refractivity contribution in [3.63, 3.8) is 0 Å². The number of carbonyl (C=O) groups excluding carboxylic acids is 1. The van der Waals surface area contributed by atoms with Gasteiger partial charge in [-0.3, -0.25) is 4.79 Å². The molecule has 202 valence electrons. The topological polar surface area (TPSA) is 97.2 Å². The molecule has 1 amide bonds. The quantitative estimate of drug-likeness (QED) is 0.177. The summed E-state index contributed by atoms with van der Waals surface area (Å²) in [6, 6.07) is 24.2. The summed E-state index contributed by atoms with van der Waals surface area (Å²) in [7, 11) is 0. The monoisotopic (exact) mass is 534 g/mol. The van der Waals surface area contributed by atoms with E-state index in [1.165, 1.54) is 6.07 Å². The van der Waals surface area contributed by atoms with Crippen molar-refractivity contribution in [3.8, 4) is 6.07 Å². The van der Waals surface area contributed by atoms with Crippen LogP contribution in [0.4, 0.5) is 24.5 Å². The van der Waals surface area contributed by atoms with Crippen molar-refractivity contribution in [1.29, 1.82) is 5.26 Å². The largest absolute Gasteiger partial charge is 0.416 e. The van der Waals surface area contributed by atoms with E-state index in [2.05, 4.69) is 16.0 Å². The molecule has 9 heteroatoms. The smallest absolute Gasteiger partial charge is 0.395 e. The Morgan fingerprint density at radius 3 is 2.28 bits per heavy atom. The Hall–Kier alpha value is -4.39. The van der Waals surface area contributed by atoms with E-state index in [-0.39, 0.29) is 30.3 Å². The molecule has 39 heavy (non-hydrogen) atoms. The number of nitriles is 1. The average Bonchev–Trinajstić information content (AvgIpc) is 2.93. The summed E-state index contributed by atoms with van der Waals surface area (Å²) in [4.78, 5) is 13.3. The van der Waals surface area contributed by atoms with Crippen LogP contribution in [0.2, 0.25) is 0 Å². The second-order valence-electron chi connectivity index (χ2n) is 8.54. The molecule has 0 saturated heterocycles. The van der Waals surface area contributed by atoms with E-state index in [9.17, 15) is 28.3 Å². The van der Waals surface area contributed by atoms with Gasteiger partial charge in [-0.25, -0.2) is 0 Å². The van der Waals surface area contributed by atoms with Crippen molar-refractivity contribution >= 4 is 17.3 Å². The van der Waals surface area contributed by atoms with E-state index in [4.69, 9.17) is 0 Å². The molecule has 0 saturated carbocycles. The highest BCUT2D eigenvalue weighted by molar-refractivity contribution is 6.06. The van der Waals surface area contributed by atoms with Gasteiger partial charge < -0.3 is 21.1 Å². The van der Waals surface area contributed by atoms with Crippen LogP contribution in [0.15, 0.2) is 102 Å². The highest BCUT2D eigenvalue weighted by Gasteiger charge is 2.32. The van der Waals surface area contributed by atoms with Gasteiger partial charge in [-0.2, -0.15) is 18.4 Å². The zero-order valence-corrected chi connectivity index (χ0v) is 21.3. The minimum absolute atomic E-state index is 0.0700. The molecule has 1 unspecified atom stereocenters. The maximum Gasteiger partial charge on any atom is 0.416 e. The number of hydrogen-bond donors (Lipinski definition) is 4. The summed E-state index contributed by atoms with van der Waals surface area (Å²) in [5.41, 5.74) is 1.36. The maximum atomic E-state index is 13.7. The van der Waals surface area contributed by atoms with Crippen LogP contribution in [0, 0.1) is 11.3 Å². The molecule has 4 N–H and O–H groups in total. The summed E-state index contributed by atoms with van der Waals surface area (Å²) in [5.74, 6) is -0.791. The van der Waals surface area contributed by atoms with Crippen molar-refractivity contribution in [2.45, 2.75) is 25.6 Å². The number of alkyl halides is 3. The molecular formula is C30H29F3N4O2. The number of carbonyl (C=O) groups is 1. The summed E-state index contributed by atoms with van der Waals surface area (Å²) in [6.07, 6.45) is -2.79. The lowest BCUT2D eigenvalue weighted by Crippen LogP contribution is -2.26. The zero-order chi connectivity index (χ0) is 28.3. The molecule has 0 bridgehead atoms. The van der Waals surface area contributed by atoms with Crippen LogP contribution in [-0.2, 0) is 4.79 Å². The summed E-state index contributed by atoms with van der Waals surface area (Å²) in [6.45, 7) is 1.83. The minimum Gasteiger partial charge on any atom is -0.395 e. The van der Waals surface area contributed by atoms with E-state index in [1.807, 2.05) is 42.5 Å². The number of hydrogen-bond acceptors (Lipinski definition) is 5. The Labute approximate surface area is 225 Å². The lowest BCUT2D eigenvalue weighted by atomic mass is 9.98. The molecule has 0 aliphatic rings. The number of anilines is 2. The molecule has 0 fully saturated rings. The molecule has 0 heterocycles. The van der Waals surface area contributed by atoms with Crippen LogP contribution < -0.4 is 16.0 Å². The molecule has 0 radical (unpaired) electrons. The van der Waals surface area contributed by atoms with E-state index >= 15 is 0 Å². The minimum atomic E-state index is -4.67. The van der Waals surface area contributed by atoms with Crippen LogP contribution in [0.1, 0.15) is 36.1 Å². The third-order valence-electron chi connectivity index (χ3n) is 5.64. The third kappa shape index (κ3) is 8.57. The maximum absolute atomic E-state index is 13.7. The van der Waals surface area contributed by atoms with E-state index in [0.29, 0.717) is 17.9 Å². The first kappa shape index (κ1) is 29.2. The van der Waals surface area contributed by atoms with Crippen molar-refractivity contribution < 1.29 is 23.1 Å². The lowest BCUT2D eigenvalue weighted by molar-refractivity contribution is -0.112. The second-order valence-corrected chi connectivity index (χ2v) is 8.54. The van der Waals surface area contributed by atoms with Gasteiger partial charge in [0, 0.05) is 17.9 Å². The van der Waals surface area contributed by atoms with Crippen molar-refractivity contribution in [2.75, 3.05) is 23.8 Å². The number of nitrogens with zero attached hydrogens (tertiary/aromatic N) is 1. The highest BCUT2D eigenvalue weighted by atomic mass is 19.4. The first-order valence-electron chi connectivity index (χ1n) is 12.3. The molecule has 6 nitrogen and oxygen atoms in total. The number of rotatable bonds is 11. The van der Waals surface area contributed by atoms with Gasteiger partial charge in [0.05, 0.1) is 29.9 Å². The Balaban J connectivity index is 1.96. The fourth-order valence-electron chi connectivity index (χ4n) is 3.89. The normalized spacial score (nSPS) is 12.9. The molecule has 3 rings (SSSR count). The van der Waals surface area contributed by atoms with Crippen LogP contribution in [0.5, 0.6) is 0 Å². The number of amides is 1. The zero-order valence-electron chi connectivity index (χ0n) is 21.3. The Bertz CT molecular complexity index is 1360. The first-order valence-corrected chi connectivity index (χ1v) is 12.3.